The first kappa shape index (κ1) is 27.7. The van der Waals surface area contributed by atoms with Crippen LogP contribution in [0.2, 0.25) is 0 Å². The Morgan fingerprint density at radius 3 is 2.38 bits per heavy atom. The van der Waals surface area contributed by atoms with Crippen molar-refractivity contribution in [2.75, 3.05) is 18.5 Å². The van der Waals surface area contributed by atoms with Gasteiger partial charge in [0.25, 0.3) is 5.91 Å². The molecule has 2 aromatic carbocycles. The Morgan fingerprint density at radius 1 is 1.11 bits per heavy atom. The number of aromatic nitrogens is 1. The maximum atomic E-state index is 12.4. The van der Waals surface area contributed by atoms with Crippen LogP contribution in [-0.4, -0.2) is 47.3 Å². The Balaban J connectivity index is 2.07. The SMILES string of the molecule is CCOc1cc2ncc(C(N)=O)c(Nc3cccc(CNC(=O)[C@@H](N)C(C)O)c3CC)c2cc1OCC. The highest BCUT2D eigenvalue weighted by Gasteiger charge is 2.20. The number of aliphatic hydroxyl groups excluding tert-OH is 1. The summed E-state index contributed by atoms with van der Waals surface area (Å²) in [6.07, 6.45) is 1.12. The number of benzene rings is 2. The lowest BCUT2D eigenvalue weighted by atomic mass is 10.0. The number of ether oxygens (including phenoxy) is 2. The van der Waals surface area contributed by atoms with Gasteiger partial charge in [0.15, 0.2) is 11.5 Å². The minimum absolute atomic E-state index is 0.225. The van der Waals surface area contributed by atoms with E-state index in [0.717, 1.165) is 16.8 Å². The number of carbonyl (C=O) groups is 2. The van der Waals surface area contributed by atoms with E-state index in [1.54, 1.807) is 12.1 Å². The zero-order valence-corrected chi connectivity index (χ0v) is 21.6. The fraction of sp³-hybridized carbons (Fsp3) is 0.370. The molecule has 1 aromatic heterocycles. The lowest BCUT2D eigenvalue weighted by Gasteiger charge is -2.20. The van der Waals surface area contributed by atoms with Gasteiger partial charge in [0.05, 0.1) is 36.1 Å². The third-order valence-electron chi connectivity index (χ3n) is 5.96. The van der Waals surface area contributed by atoms with Crippen LogP contribution in [0.5, 0.6) is 11.5 Å². The highest BCUT2D eigenvalue weighted by atomic mass is 16.5. The molecule has 2 atom stereocenters. The maximum absolute atomic E-state index is 12.4. The molecule has 0 saturated carbocycles. The van der Waals surface area contributed by atoms with Gasteiger partial charge in [0.2, 0.25) is 5.91 Å². The number of anilines is 2. The molecule has 0 fully saturated rings. The zero-order chi connectivity index (χ0) is 27.1. The standard InChI is InChI=1S/C27H35N5O5/c1-5-17-16(13-31-27(35)24(28)15(4)33)9-8-10-20(17)32-25-18-11-22(36-6-2)23(37-7-3)12-21(18)30-14-19(25)26(29)34/h8-12,14-15,24,33H,5-7,13,28H2,1-4H3,(H2,29,34)(H,30,32)(H,31,35)/t15?,24-/m0/s1. The van der Waals surface area contributed by atoms with Crippen molar-refractivity contribution in [2.45, 2.75) is 52.8 Å². The van der Waals surface area contributed by atoms with Gasteiger partial charge in [-0.05, 0) is 50.5 Å². The van der Waals surface area contributed by atoms with Crippen LogP contribution in [-0.2, 0) is 17.8 Å². The minimum atomic E-state index is -1.02. The molecular formula is C27H35N5O5. The molecule has 1 heterocycles. The third kappa shape index (κ3) is 6.28. The van der Waals surface area contributed by atoms with Crippen molar-refractivity contribution in [3.05, 3.63) is 53.2 Å². The van der Waals surface area contributed by atoms with Crippen LogP contribution in [0.15, 0.2) is 36.5 Å². The average molecular weight is 510 g/mol. The molecule has 0 saturated heterocycles. The summed E-state index contributed by atoms with van der Waals surface area (Å²) in [5.41, 5.74) is 15.3. The molecule has 3 aromatic rings. The maximum Gasteiger partial charge on any atom is 0.252 e. The number of carbonyl (C=O) groups excluding carboxylic acids is 2. The van der Waals surface area contributed by atoms with Gasteiger partial charge in [-0.2, -0.15) is 0 Å². The number of aliphatic hydroxyl groups is 1. The van der Waals surface area contributed by atoms with Gasteiger partial charge in [-0.3, -0.25) is 14.6 Å². The van der Waals surface area contributed by atoms with E-state index < -0.39 is 24.0 Å². The van der Waals surface area contributed by atoms with Crippen LogP contribution < -0.4 is 31.6 Å². The van der Waals surface area contributed by atoms with Crippen LogP contribution >= 0.6 is 0 Å². The molecule has 3 rings (SSSR count). The number of amides is 2. The predicted molar refractivity (Wildman–Crippen MR) is 143 cm³/mol. The summed E-state index contributed by atoms with van der Waals surface area (Å²) in [5, 5.41) is 16.4. The number of primary amides is 1. The fourth-order valence-electron chi connectivity index (χ4n) is 4.05. The van der Waals surface area contributed by atoms with Crippen LogP contribution in [0.4, 0.5) is 11.4 Å². The number of nitrogens with two attached hydrogens (primary N) is 2. The van der Waals surface area contributed by atoms with E-state index >= 15 is 0 Å². The lowest BCUT2D eigenvalue weighted by Crippen LogP contribution is -2.46. The summed E-state index contributed by atoms with van der Waals surface area (Å²) in [4.78, 5) is 29.1. The van der Waals surface area contributed by atoms with Crippen molar-refractivity contribution >= 4 is 34.1 Å². The summed E-state index contributed by atoms with van der Waals surface area (Å²) >= 11 is 0. The Morgan fingerprint density at radius 2 is 1.78 bits per heavy atom. The number of hydrogen-bond donors (Lipinski definition) is 5. The molecule has 0 bridgehead atoms. The smallest absolute Gasteiger partial charge is 0.252 e. The van der Waals surface area contributed by atoms with Crippen molar-refractivity contribution < 1.29 is 24.2 Å². The lowest BCUT2D eigenvalue weighted by molar-refractivity contribution is -0.124. The highest BCUT2D eigenvalue weighted by molar-refractivity contribution is 6.08. The van der Waals surface area contributed by atoms with E-state index in [4.69, 9.17) is 20.9 Å². The molecular weight excluding hydrogens is 474 g/mol. The molecule has 0 radical (unpaired) electrons. The van der Waals surface area contributed by atoms with Gasteiger partial charge in [-0.25, -0.2) is 0 Å². The van der Waals surface area contributed by atoms with Crippen molar-refractivity contribution in [3.8, 4) is 11.5 Å². The molecule has 37 heavy (non-hydrogen) atoms. The Kier molecular flexibility index (Phi) is 9.26. The van der Waals surface area contributed by atoms with Crippen LogP contribution in [0.25, 0.3) is 10.9 Å². The van der Waals surface area contributed by atoms with E-state index in [9.17, 15) is 14.7 Å². The van der Waals surface area contributed by atoms with Crippen LogP contribution in [0, 0.1) is 0 Å². The van der Waals surface area contributed by atoms with Crippen molar-refractivity contribution in [1.82, 2.24) is 10.3 Å². The second-order valence-corrected chi connectivity index (χ2v) is 8.50. The first-order valence-electron chi connectivity index (χ1n) is 12.3. The van der Waals surface area contributed by atoms with Gasteiger partial charge in [-0.1, -0.05) is 19.1 Å². The number of pyridine rings is 1. The molecule has 2 amide bonds. The summed E-state index contributed by atoms with van der Waals surface area (Å²) in [7, 11) is 0. The quantitative estimate of drug-likeness (QED) is 0.249. The molecule has 0 aliphatic heterocycles. The molecule has 0 aliphatic carbocycles. The van der Waals surface area contributed by atoms with Gasteiger partial charge >= 0.3 is 0 Å². The third-order valence-corrected chi connectivity index (χ3v) is 5.96. The van der Waals surface area contributed by atoms with E-state index in [1.807, 2.05) is 39.0 Å². The highest BCUT2D eigenvalue weighted by Crippen LogP contribution is 2.38. The number of nitrogens with zero attached hydrogens (tertiary/aromatic N) is 1. The van der Waals surface area contributed by atoms with E-state index in [-0.39, 0.29) is 12.1 Å². The van der Waals surface area contributed by atoms with Crippen molar-refractivity contribution in [1.29, 1.82) is 0 Å². The van der Waals surface area contributed by atoms with Gasteiger partial charge in [0.1, 0.15) is 6.04 Å². The number of rotatable bonds is 12. The molecule has 0 aliphatic rings. The Labute approximate surface area is 216 Å². The summed E-state index contributed by atoms with van der Waals surface area (Å²) in [6, 6.07) is 8.19. The van der Waals surface area contributed by atoms with Crippen LogP contribution in [0.1, 0.15) is 49.2 Å². The molecule has 198 valence electrons. The second kappa shape index (κ2) is 12.4. The molecule has 1 unspecified atom stereocenters. The number of nitrogens with one attached hydrogen (secondary N) is 2. The van der Waals surface area contributed by atoms with Crippen molar-refractivity contribution in [3.63, 3.8) is 0 Å². The van der Waals surface area contributed by atoms with Gasteiger partial charge in [-0.15, -0.1) is 0 Å². The fourth-order valence-corrected chi connectivity index (χ4v) is 4.05. The van der Waals surface area contributed by atoms with Crippen LogP contribution in [0.3, 0.4) is 0 Å². The van der Waals surface area contributed by atoms with Gasteiger partial charge < -0.3 is 36.7 Å². The number of hydrogen-bond acceptors (Lipinski definition) is 8. The number of fused-ring (bicyclic) bond motifs is 1. The van der Waals surface area contributed by atoms with Crippen molar-refractivity contribution in [2.24, 2.45) is 11.5 Å². The molecule has 7 N–H and O–H groups in total. The molecule has 10 heteroatoms. The predicted octanol–water partition coefficient (Wildman–Crippen LogP) is 2.76. The largest absolute Gasteiger partial charge is 0.490 e. The van der Waals surface area contributed by atoms with E-state index in [1.165, 1.54) is 13.1 Å². The molecule has 0 spiro atoms. The average Bonchev–Trinajstić information content (AvgIpc) is 2.87. The Hall–Kier alpha value is -3.89. The first-order valence-corrected chi connectivity index (χ1v) is 12.3. The summed E-state index contributed by atoms with van der Waals surface area (Å²) in [5.74, 6) is 0.0203. The Bertz CT molecular complexity index is 1280. The minimum Gasteiger partial charge on any atom is -0.490 e. The second-order valence-electron chi connectivity index (χ2n) is 8.50. The topological polar surface area (TPSA) is 162 Å². The summed E-state index contributed by atoms with van der Waals surface area (Å²) < 4.78 is 11.5. The normalized spacial score (nSPS) is 12.6. The van der Waals surface area contributed by atoms with E-state index in [0.29, 0.717) is 47.7 Å². The van der Waals surface area contributed by atoms with E-state index in [2.05, 4.69) is 15.6 Å². The first-order chi connectivity index (χ1) is 17.7. The zero-order valence-electron chi connectivity index (χ0n) is 21.6. The molecule has 10 nitrogen and oxygen atoms in total. The summed E-state index contributed by atoms with van der Waals surface area (Å²) in [6.45, 7) is 8.35. The van der Waals surface area contributed by atoms with Gasteiger partial charge in [0, 0.05) is 29.9 Å². The monoisotopic (exact) mass is 509 g/mol.